The third-order valence-corrected chi connectivity index (χ3v) is 4.60. The number of H-pyrrole nitrogens is 2. The zero-order valence-electron chi connectivity index (χ0n) is 12.4. The maximum absolute atomic E-state index is 12.0. The van der Waals surface area contributed by atoms with Gasteiger partial charge >= 0.3 is 5.69 Å². The van der Waals surface area contributed by atoms with Gasteiger partial charge in [0, 0.05) is 23.5 Å². The van der Waals surface area contributed by atoms with Gasteiger partial charge in [-0.1, -0.05) is 23.7 Å². The summed E-state index contributed by atoms with van der Waals surface area (Å²) in [4.78, 5) is 38.9. The number of hydrogen-bond donors (Lipinski definition) is 3. The van der Waals surface area contributed by atoms with Gasteiger partial charge in [0.25, 0.3) is 5.56 Å². The van der Waals surface area contributed by atoms with Crippen molar-refractivity contribution in [2.45, 2.75) is 24.5 Å². The molecule has 0 spiro atoms. The number of benzene rings is 1. The Hall–Kier alpha value is -1.99. The van der Waals surface area contributed by atoms with Crippen LogP contribution in [0.2, 0.25) is 5.02 Å². The minimum atomic E-state index is -0.572. The standard InChI is InChI=1S/C15H16ClN3O3S/c1-9(23-8-10-2-4-12(16)5-3-10)13(20)17-6-11-7-18-15(22)19-14(11)21/h2-5,7,9H,6,8H2,1H3,(H,17,20)(H2,18,19,21,22). The lowest BCUT2D eigenvalue weighted by molar-refractivity contribution is -0.120. The van der Waals surface area contributed by atoms with Crippen molar-refractivity contribution in [3.63, 3.8) is 0 Å². The number of nitrogens with one attached hydrogen (secondary N) is 3. The van der Waals surface area contributed by atoms with Crippen LogP contribution < -0.4 is 16.6 Å². The summed E-state index contributed by atoms with van der Waals surface area (Å²) < 4.78 is 0. The SMILES string of the molecule is CC(SCc1ccc(Cl)cc1)C(=O)NCc1c[nH]c(=O)[nH]c1=O. The molecule has 0 fully saturated rings. The Kier molecular flexibility index (Phi) is 6.06. The van der Waals surface area contributed by atoms with E-state index in [2.05, 4.69) is 15.3 Å². The summed E-state index contributed by atoms with van der Waals surface area (Å²) in [6.07, 6.45) is 1.30. The van der Waals surface area contributed by atoms with E-state index in [0.29, 0.717) is 16.3 Å². The van der Waals surface area contributed by atoms with Crippen LogP contribution in [0, 0.1) is 0 Å². The van der Waals surface area contributed by atoms with Crippen molar-refractivity contribution in [2.24, 2.45) is 0 Å². The second-order valence-electron chi connectivity index (χ2n) is 4.89. The highest BCUT2D eigenvalue weighted by atomic mass is 35.5. The average molecular weight is 354 g/mol. The molecule has 0 radical (unpaired) electrons. The van der Waals surface area contributed by atoms with Gasteiger partial charge in [0.05, 0.1) is 10.8 Å². The van der Waals surface area contributed by atoms with Crippen LogP contribution in [0.4, 0.5) is 0 Å². The highest BCUT2D eigenvalue weighted by Gasteiger charge is 2.13. The van der Waals surface area contributed by atoms with Crippen molar-refractivity contribution in [1.82, 2.24) is 15.3 Å². The topological polar surface area (TPSA) is 94.8 Å². The number of aromatic amines is 2. The zero-order chi connectivity index (χ0) is 16.8. The maximum atomic E-state index is 12.0. The molecule has 8 heteroatoms. The minimum Gasteiger partial charge on any atom is -0.351 e. The van der Waals surface area contributed by atoms with Crippen molar-refractivity contribution in [3.8, 4) is 0 Å². The number of hydrogen-bond acceptors (Lipinski definition) is 4. The molecule has 0 aliphatic carbocycles. The molecule has 0 bridgehead atoms. The Morgan fingerprint density at radius 3 is 2.65 bits per heavy atom. The van der Waals surface area contributed by atoms with E-state index >= 15 is 0 Å². The molecule has 0 aliphatic rings. The summed E-state index contributed by atoms with van der Waals surface area (Å²) in [6, 6.07) is 7.45. The van der Waals surface area contributed by atoms with Gasteiger partial charge in [-0.25, -0.2) is 4.79 Å². The summed E-state index contributed by atoms with van der Waals surface area (Å²) in [5.41, 5.74) is 0.302. The molecular formula is C15H16ClN3O3S. The quantitative estimate of drug-likeness (QED) is 0.736. The van der Waals surface area contributed by atoms with Crippen molar-refractivity contribution < 1.29 is 4.79 Å². The van der Waals surface area contributed by atoms with Crippen LogP contribution in [-0.4, -0.2) is 21.1 Å². The fourth-order valence-electron chi connectivity index (χ4n) is 1.77. The van der Waals surface area contributed by atoms with Crippen LogP contribution >= 0.6 is 23.4 Å². The lowest BCUT2D eigenvalue weighted by Crippen LogP contribution is -2.34. The number of rotatable bonds is 6. The molecule has 0 aliphatic heterocycles. The van der Waals surface area contributed by atoms with Crippen molar-refractivity contribution in [2.75, 3.05) is 0 Å². The summed E-state index contributed by atoms with van der Waals surface area (Å²) in [5.74, 6) is 0.514. The molecule has 0 saturated carbocycles. The number of aromatic nitrogens is 2. The van der Waals surface area contributed by atoms with Gasteiger partial charge in [-0.3, -0.25) is 14.6 Å². The molecule has 3 N–H and O–H groups in total. The van der Waals surface area contributed by atoms with Gasteiger partial charge in [-0.15, -0.1) is 11.8 Å². The predicted molar refractivity (Wildman–Crippen MR) is 91.7 cm³/mol. The highest BCUT2D eigenvalue weighted by Crippen LogP contribution is 2.19. The number of carbonyl (C=O) groups is 1. The third-order valence-electron chi connectivity index (χ3n) is 3.13. The van der Waals surface area contributed by atoms with Gasteiger partial charge in [-0.2, -0.15) is 0 Å². The first-order chi connectivity index (χ1) is 11.0. The van der Waals surface area contributed by atoms with E-state index in [1.165, 1.54) is 18.0 Å². The molecule has 1 aromatic carbocycles. The smallest absolute Gasteiger partial charge is 0.325 e. The molecule has 0 saturated heterocycles. The Morgan fingerprint density at radius 1 is 1.30 bits per heavy atom. The number of halogens is 1. The lowest BCUT2D eigenvalue weighted by Gasteiger charge is -2.11. The fraction of sp³-hybridized carbons (Fsp3) is 0.267. The largest absolute Gasteiger partial charge is 0.351 e. The molecule has 1 amide bonds. The Labute approximate surface area is 141 Å². The first-order valence-corrected chi connectivity index (χ1v) is 8.33. The van der Waals surface area contributed by atoms with E-state index in [-0.39, 0.29) is 17.7 Å². The summed E-state index contributed by atoms with van der Waals surface area (Å²) in [7, 11) is 0. The van der Waals surface area contributed by atoms with E-state index in [1.54, 1.807) is 6.92 Å². The van der Waals surface area contributed by atoms with Crippen molar-refractivity contribution >= 4 is 29.3 Å². The van der Waals surface area contributed by atoms with Crippen LogP contribution in [0.25, 0.3) is 0 Å². The van der Waals surface area contributed by atoms with Gasteiger partial charge in [0.1, 0.15) is 0 Å². The van der Waals surface area contributed by atoms with E-state index < -0.39 is 11.2 Å². The summed E-state index contributed by atoms with van der Waals surface area (Å²) in [6.45, 7) is 1.86. The Morgan fingerprint density at radius 2 is 2.00 bits per heavy atom. The molecule has 1 aromatic heterocycles. The monoisotopic (exact) mass is 353 g/mol. The molecule has 1 unspecified atom stereocenters. The molecule has 2 aromatic rings. The molecule has 1 atom stereocenters. The van der Waals surface area contributed by atoms with Crippen molar-refractivity contribution in [3.05, 3.63) is 67.4 Å². The lowest BCUT2D eigenvalue weighted by atomic mass is 10.2. The summed E-state index contributed by atoms with van der Waals surface area (Å²) in [5, 5.41) is 3.09. The molecule has 122 valence electrons. The van der Waals surface area contributed by atoms with E-state index in [4.69, 9.17) is 11.6 Å². The number of amides is 1. The maximum Gasteiger partial charge on any atom is 0.325 e. The molecule has 2 rings (SSSR count). The third kappa shape index (κ3) is 5.30. The molecular weight excluding hydrogens is 338 g/mol. The normalized spacial score (nSPS) is 11.9. The van der Waals surface area contributed by atoms with Crippen molar-refractivity contribution in [1.29, 1.82) is 0 Å². The van der Waals surface area contributed by atoms with Gasteiger partial charge in [-0.05, 0) is 24.6 Å². The molecule has 6 nitrogen and oxygen atoms in total. The van der Waals surface area contributed by atoms with Crippen LogP contribution in [-0.2, 0) is 17.1 Å². The number of carbonyl (C=O) groups excluding carboxylic acids is 1. The van der Waals surface area contributed by atoms with E-state index in [1.807, 2.05) is 24.3 Å². The van der Waals surface area contributed by atoms with E-state index in [9.17, 15) is 14.4 Å². The first-order valence-electron chi connectivity index (χ1n) is 6.90. The first kappa shape index (κ1) is 17.4. The number of thioether (sulfide) groups is 1. The predicted octanol–water partition coefficient (Wildman–Crippen LogP) is 1.65. The summed E-state index contributed by atoms with van der Waals surface area (Å²) >= 11 is 7.31. The van der Waals surface area contributed by atoms with Gasteiger partial charge < -0.3 is 10.3 Å². The Bertz CT molecular complexity index is 786. The van der Waals surface area contributed by atoms with Crippen LogP contribution in [0.5, 0.6) is 0 Å². The van der Waals surface area contributed by atoms with Gasteiger partial charge in [0.2, 0.25) is 5.91 Å². The zero-order valence-corrected chi connectivity index (χ0v) is 14.0. The van der Waals surface area contributed by atoms with Crippen LogP contribution in [0.3, 0.4) is 0 Å². The molecule has 23 heavy (non-hydrogen) atoms. The minimum absolute atomic E-state index is 0.0663. The van der Waals surface area contributed by atoms with E-state index in [0.717, 1.165) is 5.56 Å². The second kappa shape index (κ2) is 8.03. The second-order valence-corrected chi connectivity index (χ2v) is 6.66. The molecule has 1 heterocycles. The highest BCUT2D eigenvalue weighted by molar-refractivity contribution is 7.99. The van der Waals surface area contributed by atoms with Crippen LogP contribution in [0.15, 0.2) is 40.1 Å². The Balaban J connectivity index is 1.83. The van der Waals surface area contributed by atoms with Crippen LogP contribution in [0.1, 0.15) is 18.1 Å². The fourth-order valence-corrected chi connectivity index (χ4v) is 2.77. The average Bonchev–Trinajstić information content (AvgIpc) is 2.53. The van der Waals surface area contributed by atoms with Gasteiger partial charge in [0.15, 0.2) is 0 Å².